The number of halogens is 3. The molecule has 4 heteroatoms. The van der Waals surface area contributed by atoms with E-state index < -0.39 is 6.18 Å². The summed E-state index contributed by atoms with van der Waals surface area (Å²) in [5, 5.41) is 11.6. The SMILES string of the molecule is CC(F)(F)F.CCc1cccc2cc(O)ccc12. The molecule has 0 saturated carbocycles. The number of benzene rings is 2. The third kappa shape index (κ3) is 4.65. The van der Waals surface area contributed by atoms with Crippen LogP contribution in [0, 0.1) is 0 Å². The van der Waals surface area contributed by atoms with Gasteiger partial charge in [0.2, 0.25) is 0 Å². The Morgan fingerprint density at radius 3 is 2.28 bits per heavy atom. The smallest absolute Gasteiger partial charge is 0.386 e. The van der Waals surface area contributed by atoms with Gasteiger partial charge in [0, 0.05) is 6.92 Å². The van der Waals surface area contributed by atoms with E-state index in [4.69, 9.17) is 0 Å². The van der Waals surface area contributed by atoms with Crippen molar-refractivity contribution in [2.75, 3.05) is 0 Å². The van der Waals surface area contributed by atoms with Crippen LogP contribution in [0.5, 0.6) is 5.75 Å². The van der Waals surface area contributed by atoms with Crippen LogP contribution in [0.15, 0.2) is 36.4 Å². The van der Waals surface area contributed by atoms with Crippen molar-refractivity contribution in [1.82, 2.24) is 0 Å². The normalized spacial score (nSPS) is 10.9. The Balaban J connectivity index is 0.000000280. The number of hydrogen-bond acceptors (Lipinski definition) is 1. The second-order valence-electron chi connectivity index (χ2n) is 3.96. The molecule has 0 bridgehead atoms. The minimum absolute atomic E-state index is 0.188. The van der Waals surface area contributed by atoms with Gasteiger partial charge in [-0.3, -0.25) is 0 Å². The highest BCUT2D eigenvalue weighted by Gasteiger charge is 2.15. The van der Waals surface area contributed by atoms with E-state index in [-0.39, 0.29) is 6.92 Å². The maximum Gasteiger partial charge on any atom is 0.386 e. The van der Waals surface area contributed by atoms with Crippen LogP contribution < -0.4 is 0 Å². The molecule has 2 rings (SSSR count). The summed E-state index contributed by atoms with van der Waals surface area (Å²) in [6, 6.07) is 11.7. The van der Waals surface area contributed by atoms with E-state index in [9.17, 15) is 18.3 Å². The highest BCUT2D eigenvalue weighted by Crippen LogP contribution is 2.23. The fraction of sp³-hybridized carbons (Fsp3) is 0.286. The Hall–Kier alpha value is -1.71. The van der Waals surface area contributed by atoms with E-state index >= 15 is 0 Å². The Morgan fingerprint density at radius 2 is 1.72 bits per heavy atom. The first-order valence-corrected chi connectivity index (χ1v) is 5.58. The van der Waals surface area contributed by atoms with Gasteiger partial charge in [0.25, 0.3) is 0 Å². The van der Waals surface area contributed by atoms with Gasteiger partial charge in [-0.15, -0.1) is 0 Å². The van der Waals surface area contributed by atoms with E-state index in [1.165, 1.54) is 10.9 Å². The van der Waals surface area contributed by atoms with Gasteiger partial charge in [0.05, 0.1) is 0 Å². The van der Waals surface area contributed by atoms with Crippen molar-refractivity contribution in [3.05, 3.63) is 42.0 Å². The largest absolute Gasteiger partial charge is 0.508 e. The number of alkyl halides is 3. The molecule has 0 spiro atoms. The quantitative estimate of drug-likeness (QED) is 0.785. The zero-order valence-electron chi connectivity index (χ0n) is 10.3. The van der Waals surface area contributed by atoms with Crippen molar-refractivity contribution in [2.45, 2.75) is 26.4 Å². The van der Waals surface area contributed by atoms with Crippen molar-refractivity contribution in [1.29, 1.82) is 0 Å². The third-order valence-electron chi connectivity index (χ3n) is 2.34. The number of rotatable bonds is 1. The summed E-state index contributed by atoms with van der Waals surface area (Å²) in [7, 11) is 0. The van der Waals surface area contributed by atoms with Gasteiger partial charge in [0.15, 0.2) is 0 Å². The van der Waals surface area contributed by atoms with Crippen LogP contribution in [0.3, 0.4) is 0 Å². The van der Waals surface area contributed by atoms with E-state index in [1.54, 1.807) is 12.1 Å². The lowest BCUT2D eigenvalue weighted by Gasteiger charge is -2.03. The molecule has 98 valence electrons. The first-order chi connectivity index (χ1) is 8.31. The molecule has 2 aromatic rings. The molecule has 0 aromatic heterocycles. The second kappa shape index (κ2) is 5.76. The third-order valence-corrected chi connectivity index (χ3v) is 2.34. The number of fused-ring (bicyclic) bond motifs is 1. The molecule has 0 atom stereocenters. The minimum atomic E-state index is -4.00. The summed E-state index contributed by atoms with van der Waals surface area (Å²) < 4.78 is 31.1. The van der Waals surface area contributed by atoms with Gasteiger partial charge in [0.1, 0.15) is 5.75 Å². The zero-order chi connectivity index (χ0) is 13.8. The van der Waals surface area contributed by atoms with Gasteiger partial charge < -0.3 is 5.11 Å². The zero-order valence-corrected chi connectivity index (χ0v) is 10.3. The molecule has 1 nitrogen and oxygen atoms in total. The lowest BCUT2D eigenvalue weighted by molar-refractivity contribution is -0.110. The summed E-state index contributed by atoms with van der Waals surface area (Å²) >= 11 is 0. The van der Waals surface area contributed by atoms with Gasteiger partial charge in [-0.1, -0.05) is 31.2 Å². The van der Waals surface area contributed by atoms with Crippen molar-refractivity contribution >= 4 is 10.8 Å². The van der Waals surface area contributed by atoms with Crippen molar-refractivity contribution in [2.24, 2.45) is 0 Å². The lowest BCUT2D eigenvalue weighted by atomic mass is 10.0. The number of phenolic OH excluding ortho intramolecular Hbond substituents is 1. The van der Waals surface area contributed by atoms with E-state index in [2.05, 4.69) is 13.0 Å². The van der Waals surface area contributed by atoms with Crippen molar-refractivity contribution in [3.8, 4) is 5.75 Å². The lowest BCUT2D eigenvalue weighted by Crippen LogP contribution is -1.95. The van der Waals surface area contributed by atoms with Crippen LogP contribution in [-0.2, 0) is 6.42 Å². The van der Waals surface area contributed by atoms with E-state index in [0.29, 0.717) is 5.75 Å². The number of hydrogen-bond donors (Lipinski definition) is 1. The highest BCUT2D eigenvalue weighted by molar-refractivity contribution is 5.86. The summed E-state index contributed by atoms with van der Waals surface area (Å²) in [4.78, 5) is 0. The standard InChI is InChI=1S/C12H12O.C2H3F3/c1-2-9-4-3-5-10-8-11(13)6-7-12(9)10;1-2(3,4)5/h3-8,13H,2H2,1H3;1H3. The second-order valence-corrected chi connectivity index (χ2v) is 3.96. The van der Waals surface area contributed by atoms with E-state index in [0.717, 1.165) is 11.8 Å². The molecular formula is C14H15F3O. The predicted octanol–water partition coefficient (Wildman–Crippen LogP) is 4.68. The van der Waals surface area contributed by atoms with Crippen LogP contribution in [0.2, 0.25) is 0 Å². The first-order valence-electron chi connectivity index (χ1n) is 5.58. The van der Waals surface area contributed by atoms with Crippen LogP contribution in [-0.4, -0.2) is 11.3 Å². The molecule has 0 amide bonds. The molecule has 0 aliphatic carbocycles. The van der Waals surface area contributed by atoms with Crippen LogP contribution in [0.25, 0.3) is 10.8 Å². The summed E-state index contributed by atoms with van der Waals surface area (Å²) in [6.45, 7) is 2.33. The Labute approximate surface area is 104 Å². The molecular weight excluding hydrogens is 241 g/mol. The van der Waals surface area contributed by atoms with Crippen molar-refractivity contribution in [3.63, 3.8) is 0 Å². The molecule has 2 aromatic carbocycles. The number of phenols is 1. The van der Waals surface area contributed by atoms with Gasteiger partial charge in [-0.25, -0.2) is 0 Å². The maximum absolute atomic E-state index is 10.4. The first kappa shape index (κ1) is 14.4. The molecule has 1 N–H and O–H groups in total. The topological polar surface area (TPSA) is 20.2 Å². The van der Waals surface area contributed by atoms with Gasteiger partial charge in [-0.05, 0) is 34.9 Å². The Morgan fingerprint density at radius 1 is 1.11 bits per heavy atom. The Bertz CT molecular complexity index is 512. The fourth-order valence-electron chi connectivity index (χ4n) is 1.65. The number of aromatic hydroxyl groups is 1. The predicted molar refractivity (Wildman–Crippen MR) is 66.7 cm³/mol. The van der Waals surface area contributed by atoms with Crippen LogP contribution in [0.4, 0.5) is 13.2 Å². The van der Waals surface area contributed by atoms with Gasteiger partial charge in [-0.2, -0.15) is 13.2 Å². The molecule has 0 saturated heterocycles. The number of aryl methyl sites for hydroxylation is 1. The monoisotopic (exact) mass is 256 g/mol. The summed E-state index contributed by atoms with van der Waals surface area (Å²) in [5.41, 5.74) is 1.33. The van der Waals surface area contributed by atoms with Crippen LogP contribution >= 0.6 is 0 Å². The van der Waals surface area contributed by atoms with Crippen molar-refractivity contribution < 1.29 is 18.3 Å². The molecule has 0 radical (unpaired) electrons. The van der Waals surface area contributed by atoms with Crippen LogP contribution in [0.1, 0.15) is 19.4 Å². The average molecular weight is 256 g/mol. The minimum Gasteiger partial charge on any atom is -0.508 e. The highest BCUT2D eigenvalue weighted by atomic mass is 19.4. The molecule has 0 fully saturated rings. The van der Waals surface area contributed by atoms with E-state index in [1.807, 2.05) is 18.2 Å². The molecule has 0 unspecified atom stereocenters. The van der Waals surface area contributed by atoms with Gasteiger partial charge >= 0.3 is 6.18 Å². The summed E-state index contributed by atoms with van der Waals surface area (Å²) in [5.74, 6) is 0.334. The Kier molecular flexibility index (Phi) is 4.59. The molecule has 0 aliphatic heterocycles. The molecule has 0 aliphatic rings. The fourth-order valence-corrected chi connectivity index (χ4v) is 1.65. The molecule has 0 heterocycles. The summed E-state index contributed by atoms with van der Waals surface area (Å²) in [6.07, 6.45) is -2.97. The molecule has 18 heavy (non-hydrogen) atoms. The average Bonchev–Trinajstić information content (AvgIpc) is 2.25. The maximum atomic E-state index is 10.4.